The maximum atomic E-state index is 14.0. The molecule has 0 atom stereocenters. The van der Waals surface area contributed by atoms with E-state index in [1.807, 2.05) is 56.5 Å². The first-order valence-electron chi connectivity index (χ1n) is 15.9. The van der Waals surface area contributed by atoms with Gasteiger partial charge in [-0.2, -0.15) is 0 Å². The molecule has 4 bridgehead atoms. The standard InChI is InChI=1S/C36H43N3O5/c1-22-8-5-6-11-28(22)32-38-31(33(41)37-27-10-7-9-26(17-27)34(42)43)29(39(32)21-30(40)44-35(2,3)4)12-13-36-18-23-14-24(19-36)16-25(15-23)20-36/h5-11,17,23-25H,12-16,18-21H2,1-4H3,(H,37,41)(H,42,43). The summed E-state index contributed by atoms with van der Waals surface area (Å²) < 4.78 is 7.64. The van der Waals surface area contributed by atoms with E-state index < -0.39 is 17.5 Å². The number of hydrogen-bond donors (Lipinski definition) is 2. The zero-order chi connectivity index (χ0) is 31.2. The number of aromatic nitrogens is 2. The zero-order valence-corrected chi connectivity index (χ0v) is 26.2. The molecular formula is C36H43N3O5. The second-order valence-corrected chi connectivity index (χ2v) is 14.5. The van der Waals surface area contributed by atoms with Gasteiger partial charge in [-0.1, -0.05) is 30.3 Å². The molecule has 0 spiro atoms. The minimum atomic E-state index is -1.07. The smallest absolute Gasteiger partial charge is 0.335 e. The Labute approximate surface area is 259 Å². The van der Waals surface area contributed by atoms with E-state index in [0.717, 1.165) is 41.0 Å². The highest BCUT2D eigenvalue weighted by atomic mass is 16.6. The topological polar surface area (TPSA) is 111 Å². The van der Waals surface area contributed by atoms with Gasteiger partial charge in [0.25, 0.3) is 5.91 Å². The monoisotopic (exact) mass is 597 g/mol. The van der Waals surface area contributed by atoms with Gasteiger partial charge in [0.15, 0.2) is 0 Å². The Kier molecular flexibility index (Phi) is 7.89. The number of nitrogens with zero attached hydrogens (tertiary/aromatic N) is 2. The van der Waals surface area contributed by atoms with Crippen molar-refractivity contribution in [1.29, 1.82) is 0 Å². The van der Waals surface area contributed by atoms with Crippen LogP contribution in [0.4, 0.5) is 5.69 Å². The molecule has 4 aliphatic rings. The first-order chi connectivity index (χ1) is 20.9. The van der Waals surface area contributed by atoms with Crippen LogP contribution in [-0.2, 0) is 22.5 Å². The van der Waals surface area contributed by atoms with Crippen molar-refractivity contribution in [3.05, 3.63) is 71.0 Å². The maximum Gasteiger partial charge on any atom is 0.335 e. The van der Waals surface area contributed by atoms with Crippen molar-refractivity contribution >= 4 is 23.5 Å². The normalized spacial score (nSPS) is 23.9. The minimum Gasteiger partial charge on any atom is -0.478 e. The van der Waals surface area contributed by atoms with Crippen LogP contribution >= 0.6 is 0 Å². The number of carbonyl (C=O) groups is 3. The lowest BCUT2D eigenvalue weighted by molar-refractivity contribution is -0.155. The lowest BCUT2D eigenvalue weighted by atomic mass is 9.48. The minimum absolute atomic E-state index is 0.0636. The SMILES string of the molecule is Cc1ccccc1-c1nc(C(=O)Nc2cccc(C(=O)O)c2)c(CCC23CC4CC(CC(C4)C2)C3)n1CC(=O)OC(C)(C)C. The molecule has 0 radical (unpaired) electrons. The molecule has 0 aliphatic heterocycles. The number of nitrogens with one attached hydrogen (secondary N) is 1. The van der Waals surface area contributed by atoms with E-state index in [-0.39, 0.29) is 29.2 Å². The summed E-state index contributed by atoms with van der Waals surface area (Å²) in [5.41, 5.74) is 2.88. The molecule has 1 aromatic heterocycles. The molecule has 1 amide bonds. The number of carboxylic acids is 1. The third-order valence-corrected chi connectivity index (χ3v) is 9.81. The molecule has 4 aliphatic carbocycles. The number of esters is 1. The average Bonchev–Trinajstić information content (AvgIpc) is 3.28. The van der Waals surface area contributed by atoms with E-state index in [9.17, 15) is 19.5 Å². The number of hydrogen-bond acceptors (Lipinski definition) is 5. The van der Waals surface area contributed by atoms with Crippen LogP contribution in [0.25, 0.3) is 11.4 Å². The molecule has 3 aromatic rings. The molecule has 0 saturated heterocycles. The lowest BCUT2D eigenvalue weighted by Gasteiger charge is -2.57. The molecule has 232 valence electrons. The van der Waals surface area contributed by atoms with Crippen LogP contribution < -0.4 is 5.32 Å². The Balaban J connectivity index is 1.41. The number of ether oxygens (including phenoxy) is 1. The molecule has 1 heterocycles. The molecule has 7 rings (SSSR count). The number of benzene rings is 2. The predicted molar refractivity (Wildman–Crippen MR) is 169 cm³/mol. The van der Waals surface area contributed by atoms with E-state index >= 15 is 0 Å². The number of aromatic carboxylic acids is 1. The summed E-state index contributed by atoms with van der Waals surface area (Å²) in [6.45, 7) is 7.47. The van der Waals surface area contributed by atoms with Crippen molar-refractivity contribution in [2.45, 2.75) is 91.2 Å². The van der Waals surface area contributed by atoms with Gasteiger partial charge in [0.05, 0.1) is 11.3 Å². The number of aryl methyl sites for hydroxylation is 1. The van der Waals surface area contributed by atoms with Crippen LogP contribution in [0.3, 0.4) is 0 Å². The number of carbonyl (C=O) groups excluding carboxylic acids is 2. The van der Waals surface area contributed by atoms with Gasteiger partial charge in [-0.15, -0.1) is 0 Å². The third-order valence-electron chi connectivity index (χ3n) is 9.81. The largest absolute Gasteiger partial charge is 0.478 e. The number of anilines is 1. The van der Waals surface area contributed by atoms with Gasteiger partial charge >= 0.3 is 11.9 Å². The maximum absolute atomic E-state index is 14.0. The molecular weight excluding hydrogens is 554 g/mol. The number of carboxylic acid groups (broad SMARTS) is 1. The van der Waals surface area contributed by atoms with E-state index in [4.69, 9.17) is 9.72 Å². The lowest BCUT2D eigenvalue weighted by Crippen LogP contribution is -2.46. The van der Waals surface area contributed by atoms with Crippen LogP contribution in [0.2, 0.25) is 0 Å². The van der Waals surface area contributed by atoms with E-state index in [1.54, 1.807) is 12.1 Å². The van der Waals surface area contributed by atoms with Crippen molar-refractivity contribution in [3.8, 4) is 11.4 Å². The number of rotatable bonds is 9. The predicted octanol–water partition coefficient (Wildman–Crippen LogP) is 7.30. The van der Waals surface area contributed by atoms with Gasteiger partial charge in [-0.25, -0.2) is 9.78 Å². The fourth-order valence-electron chi connectivity index (χ4n) is 8.52. The Morgan fingerprint density at radius 1 is 1.00 bits per heavy atom. The molecule has 4 fully saturated rings. The van der Waals surface area contributed by atoms with Gasteiger partial charge in [-0.3, -0.25) is 9.59 Å². The van der Waals surface area contributed by atoms with Gasteiger partial charge in [-0.05, 0) is 126 Å². The van der Waals surface area contributed by atoms with Crippen LogP contribution in [0.5, 0.6) is 0 Å². The number of imidazole rings is 1. The van der Waals surface area contributed by atoms with Crippen LogP contribution in [0.1, 0.15) is 97.8 Å². The van der Waals surface area contributed by atoms with Gasteiger partial charge in [0, 0.05) is 11.3 Å². The molecule has 4 saturated carbocycles. The summed E-state index contributed by atoms with van der Waals surface area (Å²) >= 11 is 0. The highest BCUT2D eigenvalue weighted by Crippen LogP contribution is 2.61. The molecule has 8 nitrogen and oxygen atoms in total. The zero-order valence-electron chi connectivity index (χ0n) is 26.2. The van der Waals surface area contributed by atoms with E-state index in [2.05, 4.69) is 5.32 Å². The molecule has 2 aromatic carbocycles. The Morgan fingerprint density at radius 3 is 2.27 bits per heavy atom. The Hall–Kier alpha value is -3.94. The van der Waals surface area contributed by atoms with Crippen LogP contribution in [0.15, 0.2) is 48.5 Å². The van der Waals surface area contributed by atoms with Crippen molar-refractivity contribution in [2.24, 2.45) is 23.2 Å². The fraction of sp³-hybridized carbons (Fsp3) is 0.500. The second kappa shape index (κ2) is 11.5. The number of amides is 1. The molecule has 0 unspecified atom stereocenters. The van der Waals surface area contributed by atoms with Gasteiger partial charge in [0.2, 0.25) is 0 Å². The van der Waals surface area contributed by atoms with Crippen LogP contribution in [-0.4, -0.2) is 38.1 Å². The van der Waals surface area contributed by atoms with Crippen LogP contribution in [0, 0.1) is 30.1 Å². The van der Waals surface area contributed by atoms with Gasteiger partial charge < -0.3 is 19.7 Å². The molecule has 8 heteroatoms. The Bertz CT molecular complexity index is 1560. The van der Waals surface area contributed by atoms with Crippen molar-refractivity contribution in [3.63, 3.8) is 0 Å². The Morgan fingerprint density at radius 2 is 1.66 bits per heavy atom. The second-order valence-electron chi connectivity index (χ2n) is 14.5. The van der Waals surface area contributed by atoms with Gasteiger partial charge in [0.1, 0.15) is 23.7 Å². The summed E-state index contributed by atoms with van der Waals surface area (Å²) in [4.78, 5) is 43.8. The van der Waals surface area contributed by atoms with E-state index in [0.29, 0.717) is 17.9 Å². The highest BCUT2D eigenvalue weighted by Gasteiger charge is 2.50. The van der Waals surface area contributed by atoms with Crippen molar-refractivity contribution < 1.29 is 24.2 Å². The molecule has 2 N–H and O–H groups in total. The fourth-order valence-corrected chi connectivity index (χ4v) is 8.52. The third kappa shape index (κ3) is 6.30. The van der Waals surface area contributed by atoms with Crippen molar-refractivity contribution in [1.82, 2.24) is 9.55 Å². The summed E-state index contributed by atoms with van der Waals surface area (Å²) in [6.07, 6.45) is 9.36. The summed E-state index contributed by atoms with van der Waals surface area (Å²) in [6, 6.07) is 14.0. The summed E-state index contributed by atoms with van der Waals surface area (Å²) in [7, 11) is 0. The first-order valence-corrected chi connectivity index (χ1v) is 15.9. The summed E-state index contributed by atoms with van der Waals surface area (Å²) in [5, 5.41) is 12.4. The highest BCUT2D eigenvalue weighted by molar-refractivity contribution is 6.05. The average molecular weight is 598 g/mol. The van der Waals surface area contributed by atoms with E-state index in [1.165, 1.54) is 50.7 Å². The molecule has 44 heavy (non-hydrogen) atoms. The first kappa shape index (κ1) is 30.1. The van der Waals surface area contributed by atoms with Crippen molar-refractivity contribution in [2.75, 3.05) is 5.32 Å². The quantitative estimate of drug-likeness (QED) is 0.251. The summed E-state index contributed by atoms with van der Waals surface area (Å²) in [5.74, 6) is 1.09.